The molecule has 0 radical (unpaired) electrons. The van der Waals surface area contributed by atoms with Crippen molar-refractivity contribution in [3.63, 3.8) is 0 Å². The van der Waals surface area contributed by atoms with Gasteiger partial charge >= 0.3 is 0 Å². The highest BCUT2D eigenvalue weighted by Gasteiger charge is 2.21. The zero-order valence-electron chi connectivity index (χ0n) is 19.3. The smallest absolute Gasteiger partial charge is 0.228 e. The molecule has 33 heavy (non-hydrogen) atoms. The summed E-state index contributed by atoms with van der Waals surface area (Å²) in [5.74, 6) is 0.385. The number of sulfone groups is 1. The van der Waals surface area contributed by atoms with Gasteiger partial charge in [0.2, 0.25) is 5.91 Å². The summed E-state index contributed by atoms with van der Waals surface area (Å²) in [5, 5.41) is 0.646. The van der Waals surface area contributed by atoms with Gasteiger partial charge in [0, 0.05) is 24.4 Å². The minimum atomic E-state index is -3.48. The normalized spacial score (nSPS) is 11.8. The van der Waals surface area contributed by atoms with E-state index in [0.29, 0.717) is 24.0 Å². The van der Waals surface area contributed by atoms with Gasteiger partial charge in [0.05, 0.1) is 28.0 Å². The van der Waals surface area contributed by atoms with Crippen LogP contribution in [-0.4, -0.2) is 70.5 Å². The summed E-state index contributed by atoms with van der Waals surface area (Å²) in [6.45, 7) is 1.17. The van der Waals surface area contributed by atoms with Crippen LogP contribution in [0.5, 0.6) is 5.75 Å². The lowest BCUT2D eigenvalue weighted by molar-refractivity contribution is -0.118. The van der Waals surface area contributed by atoms with E-state index < -0.39 is 9.84 Å². The van der Waals surface area contributed by atoms with Crippen molar-refractivity contribution in [3.05, 3.63) is 42.5 Å². The highest BCUT2D eigenvalue weighted by atomic mass is 32.2. The number of carbonyl (C=O) groups is 1. The number of ether oxygens (including phenoxy) is 1. The maximum absolute atomic E-state index is 13.1. The first-order chi connectivity index (χ1) is 15.7. The monoisotopic (exact) mass is 507 g/mol. The number of amides is 1. The number of fused-ring (bicyclic) bond motifs is 1. The molecule has 0 atom stereocenters. The SMILES string of the molecule is COc1ccc(S(=O)(=O)CCCC(=O)N(CCN(C)C)c2nc3ccc(SC)cc3s2)cc1. The van der Waals surface area contributed by atoms with Crippen molar-refractivity contribution < 1.29 is 17.9 Å². The first-order valence-corrected chi connectivity index (χ1v) is 14.2. The molecule has 10 heteroatoms. The fourth-order valence-corrected chi connectivity index (χ4v) is 6.08. The largest absolute Gasteiger partial charge is 0.497 e. The molecule has 3 aromatic rings. The Morgan fingerprint density at radius 3 is 2.48 bits per heavy atom. The number of likely N-dealkylation sites (N-methyl/N-ethyl adjacent to an activating group) is 1. The molecule has 0 fully saturated rings. The summed E-state index contributed by atoms with van der Waals surface area (Å²) in [7, 11) is 1.96. The van der Waals surface area contributed by atoms with E-state index in [0.717, 1.165) is 15.1 Å². The number of nitrogens with zero attached hydrogens (tertiary/aromatic N) is 3. The zero-order valence-corrected chi connectivity index (χ0v) is 21.7. The highest BCUT2D eigenvalue weighted by molar-refractivity contribution is 7.98. The molecule has 0 aliphatic heterocycles. The van der Waals surface area contributed by atoms with Crippen LogP contribution in [0.3, 0.4) is 0 Å². The van der Waals surface area contributed by atoms with Crippen molar-refractivity contribution in [1.29, 1.82) is 0 Å². The topological polar surface area (TPSA) is 79.8 Å². The van der Waals surface area contributed by atoms with Crippen LogP contribution in [0.1, 0.15) is 12.8 Å². The van der Waals surface area contributed by atoms with E-state index in [1.165, 1.54) is 30.6 Å². The lowest BCUT2D eigenvalue weighted by Gasteiger charge is -2.22. The first-order valence-electron chi connectivity index (χ1n) is 10.5. The second-order valence-corrected chi connectivity index (χ2v) is 11.8. The van der Waals surface area contributed by atoms with Gasteiger partial charge in [-0.25, -0.2) is 13.4 Å². The number of carbonyl (C=O) groups excluding carboxylic acids is 1. The highest BCUT2D eigenvalue weighted by Crippen LogP contribution is 2.32. The second kappa shape index (κ2) is 11.3. The number of hydrogen-bond acceptors (Lipinski definition) is 8. The molecular formula is C23H29N3O4S3. The van der Waals surface area contributed by atoms with E-state index in [1.54, 1.807) is 28.8 Å². The van der Waals surface area contributed by atoms with Gasteiger partial charge in [-0.1, -0.05) is 11.3 Å². The molecule has 7 nitrogen and oxygen atoms in total. The van der Waals surface area contributed by atoms with Crippen LogP contribution in [0.4, 0.5) is 5.13 Å². The Labute approximate surface area is 203 Å². The molecule has 0 N–H and O–H groups in total. The molecule has 178 valence electrons. The molecule has 0 saturated carbocycles. The molecule has 2 aromatic carbocycles. The molecule has 0 spiro atoms. The Morgan fingerprint density at radius 2 is 1.85 bits per heavy atom. The number of rotatable bonds is 11. The van der Waals surface area contributed by atoms with Crippen LogP contribution in [-0.2, 0) is 14.6 Å². The first kappa shape index (κ1) is 25.5. The Bertz CT molecular complexity index is 1190. The van der Waals surface area contributed by atoms with Crippen LogP contribution in [0.15, 0.2) is 52.3 Å². The van der Waals surface area contributed by atoms with Crippen molar-refractivity contribution in [1.82, 2.24) is 9.88 Å². The van der Waals surface area contributed by atoms with Gasteiger partial charge in [-0.05, 0) is 69.2 Å². The lowest BCUT2D eigenvalue weighted by atomic mass is 10.3. The molecule has 0 saturated heterocycles. The van der Waals surface area contributed by atoms with Crippen LogP contribution < -0.4 is 9.64 Å². The molecular weight excluding hydrogens is 478 g/mol. The molecule has 0 aliphatic rings. The molecule has 3 rings (SSSR count). The third kappa shape index (κ3) is 6.69. The molecule has 1 amide bonds. The predicted octanol–water partition coefficient (Wildman–Crippen LogP) is 4.18. The average Bonchev–Trinajstić information content (AvgIpc) is 3.21. The molecule has 1 heterocycles. The van der Waals surface area contributed by atoms with E-state index in [9.17, 15) is 13.2 Å². The predicted molar refractivity (Wildman–Crippen MR) is 137 cm³/mol. The average molecular weight is 508 g/mol. The zero-order chi connectivity index (χ0) is 24.0. The van der Waals surface area contributed by atoms with E-state index in [1.807, 2.05) is 37.4 Å². The van der Waals surface area contributed by atoms with Crippen LogP contribution in [0.2, 0.25) is 0 Å². The van der Waals surface area contributed by atoms with Crippen molar-refractivity contribution in [2.75, 3.05) is 51.2 Å². The third-order valence-electron chi connectivity index (χ3n) is 5.11. The van der Waals surface area contributed by atoms with Gasteiger partial charge in [0.25, 0.3) is 0 Å². The van der Waals surface area contributed by atoms with Crippen LogP contribution in [0, 0.1) is 0 Å². The van der Waals surface area contributed by atoms with Crippen molar-refractivity contribution in [2.45, 2.75) is 22.6 Å². The maximum atomic E-state index is 13.1. The number of hydrogen-bond donors (Lipinski definition) is 0. The molecule has 0 unspecified atom stereocenters. The molecule has 1 aromatic heterocycles. The maximum Gasteiger partial charge on any atom is 0.228 e. The Balaban J connectivity index is 1.71. The van der Waals surface area contributed by atoms with Gasteiger partial charge < -0.3 is 9.64 Å². The number of benzene rings is 2. The van der Waals surface area contributed by atoms with Gasteiger partial charge in [-0.2, -0.15) is 0 Å². The van der Waals surface area contributed by atoms with Crippen LogP contribution in [0.25, 0.3) is 10.2 Å². The van der Waals surface area contributed by atoms with Crippen LogP contribution >= 0.6 is 23.1 Å². The Morgan fingerprint density at radius 1 is 1.12 bits per heavy atom. The van der Waals surface area contributed by atoms with E-state index in [4.69, 9.17) is 4.74 Å². The van der Waals surface area contributed by atoms with Gasteiger partial charge in [0.1, 0.15) is 5.75 Å². The quantitative estimate of drug-likeness (QED) is 0.360. The van der Waals surface area contributed by atoms with Crippen molar-refractivity contribution >= 4 is 54.2 Å². The molecule has 0 aliphatic carbocycles. The minimum absolute atomic E-state index is 0.0937. The number of anilines is 1. The minimum Gasteiger partial charge on any atom is -0.497 e. The van der Waals surface area contributed by atoms with Gasteiger partial charge in [-0.3, -0.25) is 9.69 Å². The summed E-state index contributed by atoms with van der Waals surface area (Å²) >= 11 is 3.15. The Kier molecular flexibility index (Phi) is 8.75. The van der Waals surface area contributed by atoms with E-state index in [-0.39, 0.29) is 29.4 Å². The summed E-state index contributed by atoms with van der Waals surface area (Å²) in [4.78, 5) is 22.9. The van der Waals surface area contributed by atoms with E-state index >= 15 is 0 Å². The fourth-order valence-electron chi connectivity index (χ4n) is 3.21. The standard InChI is InChI=1S/C23H29N3O4S3/c1-25(2)13-14-26(23-24-20-12-9-18(31-4)16-21(20)32-23)22(27)6-5-15-33(28,29)19-10-7-17(30-3)8-11-19/h7-12,16H,5-6,13-15H2,1-4H3. The number of thioether (sulfide) groups is 1. The summed E-state index contributed by atoms with van der Waals surface area (Å²) in [5.41, 5.74) is 0.859. The summed E-state index contributed by atoms with van der Waals surface area (Å²) in [6, 6.07) is 12.4. The van der Waals surface area contributed by atoms with Crippen molar-refractivity contribution in [2.24, 2.45) is 0 Å². The number of thiazole rings is 1. The fraction of sp³-hybridized carbons (Fsp3) is 0.391. The lowest BCUT2D eigenvalue weighted by Crippen LogP contribution is -2.36. The number of methoxy groups -OCH3 is 1. The Hall–Kier alpha value is -2.14. The summed E-state index contributed by atoms with van der Waals surface area (Å²) < 4.78 is 31.4. The molecule has 0 bridgehead atoms. The van der Waals surface area contributed by atoms with Gasteiger partial charge in [-0.15, -0.1) is 11.8 Å². The van der Waals surface area contributed by atoms with E-state index in [2.05, 4.69) is 11.1 Å². The second-order valence-electron chi connectivity index (χ2n) is 7.78. The number of aromatic nitrogens is 1. The van der Waals surface area contributed by atoms with Crippen molar-refractivity contribution in [3.8, 4) is 5.75 Å². The third-order valence-corrected chi connectivity index (χ3v) is 8.69. The summed E-state index contributed by atoms with van der Waals surface area (Å²) in [6.07, 6.45) is 2.40. The van der Waals surface area contributed by atoms with Gasteiger partial charge in [0.15, 0.2) is 15.0 Å².